The van der Waals surface area contributed by atoms with E-state index in [4.69, 9.17) is 4.74 Å². The number of urea groups is 1. The third-order valence-electron chi connectivity index (χ3n) is 4.72. The van der Waals surface area contributed by atoms with Gasteiger partial charge < -0.3 is 10.1 Å². The van der Waals surface area contributed by atoms with Crippen molar-refractivity contribution in [2.75, 3.05) is 0 Å². The Bertz CT molecular complexity index is 1040. The van der Waals surface area contributed by atoms with Crippen molar-refractivity contribution in [3.05, 3.63) is 70.8 Å². The minimum Gasteiger partial charge on any atom is -0.449 e. The lowest BCUT2D eigenvalue weighted by Gasteiger charge is -2.15. The van der Waals surface area contributed by atoms with Crippen molar-refractivity contribution >= 4 is 29.7 Å². The third kappa shape index (κ3) is 5.00. The Labute approximate surface area is 184 Å². The quantitative estimate of drug-likeness (QED) is 0.528. The van der Waals surface area contributed by atoms with Gasteiger partial charge in [-0.05, 0) is 50.6 Å². The van der Waals surface area contributed by atoms with Crippen LogP contribution in [0.15, 0.2) is 48.5 Å². The molecule has 1 atom stereocenters. The Morgan fingerprint density at radius 3 is 2.00 bits per heavy atom. The lowest BCUT2D eigenvalue weighted by molar-refractivity contribution is -0.127. The number of carbonyl (C=O) groups excluding carboxylic acids is 5. The van der Waals surface area contributed by atoms with Crippen LogP contribution in [0.3, 0.4) is 0 Å². The van der Waals surface area contributed by atoms with Crippen LogP contribution in [0.4, 0.5) is 4.79 Å². The van der Waals surface area contributed by atoms with Crippen LogP contribution in [0, 0.1) is 0 Å². The molecule has 1 aliphatic heterocycles. The van der Waals surface area contributed by atoms with E-state index in [1.807, 2.05) is 0 Å². The zero-order valence-corrected chi connectivity index (χ0v) is 17.9. The van der Waals surface area contributed by atoms with Crippen molar-refractivity contribution in [1.82, 2.24) is 15.5 Å². The van der Waals surface area contributed by atoms with Crippen LogP contribution in [0.1, 0.15) is 57.4 Å². The minimum absolute atomic E-state index is 0.0610. The molecular weight excluding hydrogens is 414 g/mol. The average Bonchev–Trinajstić information content (AvgIpc) is 2.98. The monoisotopic (exact) mass is 437 g/mol. The Hall–Kier alpha value is -4.01. The molecule has 2 aromatic carbocycles. The van der Waals surface area contributed by atoms with E-state index in [0.717, 1.165) is 4.90 Å². The number of esters is 1. The number of ether oxygens (including phenoxy) is 1. The Morgan fingerprint density at radius 2 is 1.47 bits per heavy atom. The number of hydrogen-bond acceptors (Lipinski definition) is 6. The number of rotatable bonds is 6. The van der Waals surface area contributed by atoms with Gasteiger partial charge in [0.1, 0.15) is 0 Å². The van der Waals surface area contributed by atoms with Gasteiger partial charge in [-0.2, -0.15) is 0 Å². The summed E-state index contributed by atoms with van der Waals surface area (Å²) in [6.45, 7) is 4.90. The molecule has 2 aromatic rings. The van der Waals surface area contributed by atoms with Gasteiger partial charge in [0.15, 0.2) is 6.10 Å². The fourth-order valence-electron chi connectivity index (χ4n) is 3.11. The highest BCUT2D eigenvalue weighted by Crippen LogP contribution is 2.24. The Balaban J connectivity index is 1.58. The van der Waals surface area contributed by atoms with Gasteiger partial charge >= 0.3 is 12.0 Å². The van der Waals surface area contributed by atoms with E-state index in [9.17, 15) is 24.0 Å². The van der Waals surface area contributed by atoms with Crippen LogP contribution in [-0.2, 0) is 16.1 Å². The van der Waals surface area contributed by atoms with Crippen LogP contribution in [-0.4, -0.2) is 46.8 Å². The fraction of sp³-hybridized carbons (Fsp3) is 0.261. The Kier molecular flexibility index (Phi) is 6.67. The second-order valence-electron chi connectivity index (χ2n) is 7.60. The second-order valence-corrected chi connectivity index (χ2v) is 7.60. The van der Waals surface area contributed by atoms with Crippen molar-refractivity contribution in [3.8, 4) is 0 Å². The van der Waals surface area contributed by atoms with E-state index in [0.29, 0.717) is 16.7 Å². The highest BCUT2D eigenvalue weighted by atomic mass is 16.5. The normalized spacial score (nSPS) is 13.6. The van der Waals surface area contributed by atoms with Gasteiger partial charge in [-0.1, -0.05) is 24.3 Å². The largest absolute Gasteiger partial charge is 0.449 e. The average molecular weight is 437 g/mol. The van der Waals surface area contributed by atoms with Crippen molar-refractivity contribution in [1.29, 1.82) is 0 Å². The summed E-state index contributed by atoms with van der Waals surface area (Å²) in [5.41, 5.74) is 1.56. The molecule has 0 fully saturated rings. The van der Waals surface area contributed by atoms with Crippen molar-refractivity contribution in [3.63, 3.8) is 0 Å². The summed E-state index contributed by atoms with van der Waals surface area (Å²) in [4.78, 5) is 62.0. The number of fused-ring (bicyclic) bond motifs is 1. The van der Waals surface area contributed by atoms with E-state index >= 15 is 0 Å². The number of imide groups is 2. The van der Waals surface area contributed by atoms with Gasteiger partial charge in [0.05, 0.1) is 23.2 Å². The first-order valence-electron chi connectivity index (χ1n) is 10.0. The molecule has 3 rings (SSSR count). The topological polar surface area (TPSA) is 122 Å². The number of amides is 5. The zero-order valence-electron chi connectivity index (χ0n) is 17.9. The number of nitrogens with zero attached hydrogens (tertiary/aromatic N) is 1. The summed E-state index contributed by atoms with van der Waals surface area (Å²) in [6, 6.07) is 11.9. The molecule has 0 bridgehead atoms. The fourth-order valence-corrected chi connectivity index (χ4v) is 3.11. The van der Waals surface area contributed by atoms with Crippen LogP contribution in [0.2, 0.25) is 0 Å². The summed E-state index contributed by atoms with van der Waals surface area (Å²) in [5.74, 6) is -2.23. The first-order chi connectivity index (χ1) is 15.2. The molecule has 0 spiro atoms. The molecule has 9 nitrogen and oxygen atoms in total. The van der Waals surface area contributed by atoms with Crippen LogP contribution in [0.25, 0.3) is 0 Å². The first kappa shape index (κ1) is 22.7. The van der Waals surface area contributed by atoms with Gasteiger partial charge in [0.2, 0.25) is 0 Å². The molecular formula is C23H23N3O6. The summed E-state index contributed by atoms with van der Waals surface area (Å²) in [6.07, 6.45) is -1.18. The standard InChI is InChI=1S/C23H23N3O6/c1-13(2)24-23(31)25-19(27)14(3)32-22(30)16-10-8-15(9-11-16)12-26-20(28)17-6-4-5-7-18(17)21(26)29/h4-11,13-14H,12H2,1-3H3,(H2,24,25,27,31). The van der Waals surface area contributed by atoms with Crippen LogP contribution >= 0.6 is 0 Å². The maximum absolute atomic E-state index is 12.5. The van der Waals surface area contributed by atoms with Gasteiger partial charge in [0.25, 0.3) is 17.7 Å². The molecule has 1 heterocycles. The molecule has 0 saturated heterocycles. The van der Waals surface area contributed by atoms with Gasteiger partial charge in [-0.25, -0.2) is 9.59 Å². The van der Waals surface area contributed by atoms with E-state index in [1.165, 1.54) is 19.1 Å². The van der Waals surface area contributed by atoms with E-state index in [2.05, 4.69) is 10.6 Å². The molecule has 0 aromatic heterocycles. The zero-order chi connectivity index (χ0) is 23.4. The van der Waals surface area contributed by atoms with Crippen LogP contribution in [0.5, 0.6) is 0 Å². The lowest BCUT2D eigenvalue weighted by atomic mass is 10.1. The van der Waals surface area contributed by atoms with Crippen molar-refractivity contribution in [2.24, 2.45) is 0 Å². The highest BCUT2D eigenvalue weighted by molar-refractivity contribution is 6.21. The third-order valence-corrected chi connectivity index (χ3v) is 4.72. The molecule has 1 aliphatic rings. The lowest BCUT2D eigenvalue weighted by Crippen LogP contribution is -2.46. The van der Waals surface area contributed by atoms with E-state index in [1.54, 1.807) is 50.2 Å². The molecule has 0 saturated carbocycles. The summed E-state index contributed by atoms with van der Waals surface area (Å²) in [7, 11) is 0. The Morgan fingerprint density at radius 1 is 0.906 bits per heavy atom. The number of hydrogen-bond donors (Lipinski definition) is 2. The molecule has 0 radical (unpaired) electrons. The minimum atomic E-state index is -1.18. The molecule has 1 unspecified atom stereocenters. The SMILES string of the molecule is CC(C)NC(=O)NC(=O)C(C)OC(=O)c1ccc(CN2C(=O)c3ccccc3C2=O)cc1. The second kappa shape index (κ2) is 9.42. The molecule has 32 heavy (non-hydrogen) atoms. The molecule has 5 amide bonds. The molecule has 2 N–H and O–H groups in total. The predicted molar refractivity (Wildman–Crippen MR) is 114 cm³/mol. The predicted octanol–water partition coefficient (Wildman–Crippen LogP) is 2.26. The van der Waals surface area contributed by atoms with Gasteiger partial charge in [-0.3, -0.25) is 24.6 Å². The van der Waals surface area contributed by atoms with E-state index in [-0.39, 0.29) is 30.0 Å². The van der Waals surface area contributed by atoms with Crippen LogP contribution < -0.4 is 10.6 Å². The van der Waals surface area contributed by atoms with Crippen molar-refractivity contribution < 1.29 is 28.7 Å². The smallest absolute Gasteiger partial charge is 0.338 e. The molecule has 166 valence electrons. The van der Waals surface area contributed by atoms with E-state index < -0.39 is 24.0 Å². The van der Waals surface area contributed by atoms with Gasteiger partial charge in [0, 0.05) is 6.04 Å². The summed E-state index contributed by atoms with van der Waals surface area (Å²) >= 11 is 0. The highest BCUT2D eigenvalue weighted by Gasteiger charge is 2.35. The number of nitrogens with one attached hydrogen (secondary N) is 2. The maximum Gasteiger partial charge on any atom is 0.338 e. The summed E-state index contributed by atoms with van der Waals surface area (Å²) < 4.78 is 5.10. The number of benzene rings is 2. The summed E-state index contributed by atoms with van der Waals surface area (Å²) in [5, 5.41) is 4.60. The number of carbonyl (C=O) groups is 5. The first-order valence-corrected chi connectivity index (χ1v) is 10.0. The van der Waals surface area contributed by atoms with Gasteiger partial charge in [-0.15, -0.1) is 0 Å². The molecule has 9 heteroatoms. The molecule has 0 aliphatic carbocycles. The van der Waals surface area contributed by atoms with Crippen molar-refractivity contribution in [2.45, 2.75) is 39.5 Å². The maximum atomic E-state index is 12.5.